The number of anilines is 1. The van der Waals surface area contributed by atoms with Crippen molar-refractivity contribution in [3.8, 4) is 5.75 Å². The first-order valence-electron chi connectivity index (χ1n) is 10.8. The Bertz CT molecular complexity index is 1160. The summed E-state index contributed by atoms with van der Waals surface area (Å²) < 4.78 is 35.8. The summed E-state index contributed by atoms with van der Waals surface area (Å²) in [4.78, 5) is 0.310. The van der Waals surface area contributed by atoms with Crippen molar-refractivity contribution in [3.05, 3.63) is 63.7 Å². The van der Waals surface area contributed by atoms with Crippen LogP contribution in [-0.4, -0.2) is 15.5 Å². The lowest BCUT2D eigenvalue weighted by Crippen LogP contribution is -2.21. The summed E-state index contributed by atoms with van der Waals surface area (Å²) >= 11 is 0. The Morgan fingerprint density at radius 2 is 1.67 bits per heavy atom. The fourth-order valence-electron chi connectivity index (χ4n) is 5.77. The maximum atomic E-state index is 13.4. The molecule has 0 spiro atoms. The zero-order chi connectivity index (χ0) is 21.2. The summed E-state index contributed by atoms with van der Waals surface area (Å²) in [7, 11) is -1.91. The largest absolute Gasteiger partial charge is 0.496 e. The summed E-state index contributed by atoms with van der Waals surface area (Å²) in [5.74, 6) is 2.05. The lowest BCUT2D eigenvalue weighted by atomic mass is 9.77. The van der Waals surface area contributed by atoms with Crippen molar-refractivity contribution in [2.24, 2.45) is 0 Å². The van der Waals surface area contributed by atoms with Crippen LogP contribution in [0.25, 0.3) is 0 Å². The first-order valence-corrected chi connectivity index (χ1v) is 12.3. The molecule has 2 aromatic rings. The molecular formula is C25H29NO3S. The van der Waals surface area contributed by atoms with Gasteiger partial charge in [-0.25, -0.2) is 8.42 Å². The van der Waals surface area contributed by atoms with Crippen LogP contribution in [0, 0.1) is 6.92 Å². The van der Waals surface area contributed by atoms with Crippen molar-refractivity contribution < 1.29 is 13.2 Å². The molecule has 5 rings (SSSR count). The zero-order valence-corrected chi connectivity index (χ0v) is 18.9. The molecule has 2 aromatic carbocycles. The maximum Gasteiger partial charge on any atom is 0.261 e. The molecule has 0 heterocycles. The molecule has 3 atom stereocenters. The third kappa shape index (κ3) is 2.82. The van der Waals surface area contributed by atoms with Gasteiger partial charge in [-0.3, -0.25) is 4.72 Å². The van der Waals surface area contributed by atoms with Crippen LogP contribution in [0.2, 0.25) is 0 Å². The van der Waals surface area contributed by atoms with Crippen molar-refractivity contribution in [2.75, 3.05) is 11.8 Å². The van der Waals surface area contributed by atoms with E-state index in [2.05, 4.69) is 24.6 Å². The number of fused-ring (bicyclic) bond motifs is 6. The number of sulfonamides is 1. The highest BCUT2D eigenvalue weighted by atomic mass is 32.2. The Hall–Kier alpha value is -2.27. The van der Waals surface area contributed by atoms with E-state index in [1.54, 1.807) is 19.2 Å². The summed E-state index contributed by atoms with van der Waals surface area (Å²) in [6, 6.07) is 7.07. The molecule has 1 saturated carbocycles. The second-order valence-electron chi connectivity index (χ2n) is 9.13. The van der Waals surface area contributed by atoms with Gasteiger partial charge in [0.25, 0.3) is 10.0 Å². The zero-order valence-electron chi connectivity index (χ0n) is 18.1. The molecule has 5 heteroatoms. The summed E-state index contributed by atoms with van der Waals surface area (Å²) in [6.45, 7) is 6.27. The highest BCUT2D eigenvalue weighted by molar-refractivity contribution is 7.92. The molecule has 3 aliphatic rings. The van der Waals surface area contributed by atoms with Crippen molar-refractivity contribution in [2.45, 2.75) is 69.1 Å². The van der Waals surface area contributed by atoms with Crippen molar-refractivity contribution in [1.29, 1.82) is 0 Å². The smallest absolute Gasteiger partial charge is 0.261 e. The van der Waals surface area contributed by atoms with Gasteiger partial charge in [0.15, 0.2) is 0 Å². The molecule has 1 fully saturated rings. The van der Waals surface area contributed by atoms with Crippen LogP contribution in [0.5, 0.6) is 5.75 Å². The third-order valence-electron chi connectivity index (χ3n) is 7.44. The van der Waals surface area contributed by atoms with E-state index in [-0.39, 0.29) is 5.92 Å². The number of benzene rings is 2. The van der Waals surface area contributed by atoms with E-state index in [0.717, 1.165) is 47.4 Å². The van der Waals surface area contributed by atoms with Crippen LogP contribution in [0.1, 0.15) is 78.7 Å². The van der Waals surface area contributed by atoms with E-state index in [1.807, 2.05) is 19.1 Å². The first kappa shape index (κ1) is 19.7. The minimum absolute atomic E-state index is 0.155. The number of hydrogen-bond donors (Lipinski definition) is 1. The molecule has 0 saturated heterocycles. The van der Waals surface area contributed by atoms with Gasteiger partial charge < -0.3 is 4.74 Å². The Morgan fingerprint density at radius 3 is 2.33 bits per heavy atom. The number of hydrogen-bond acceptors (Lipinski definition) is 3. The number of methoxy groups -OCH3 is 1. The van der Waals surface area contributed by atoms with Crippen LogP contribution in [0.3, 0.4) is 0 Å². The van der Waals surface area contributed by atoms with Gasteiger partial charge in [0.1, 0.15) is 5.75 Å². The summed E-state index contributed by atoms with van der Waals surface area (Å²) in [6.07, 6.45) is 6.45. The Kier molecular flexibility index (Phi) is 4.51. The van der Waals surface area contributed by atoms with Gasteiger partial charge in [-0.2, -0.15) is 0 Å². The van der Waals surface area contributed by atoms with E-state index < -0.39 is 10.0 Å². The quantitative estimate of drug-likeness (QED) is 0.635. The molecule has 4 nitrogen and oxygen atoms in total. The standard InChI is InChI=1S/C25H29NO3S/c1-14-5-10-19(11-6-14)30(27,28)26-24-21-16(3)15(2)7-12-20(21)25(29-4)23-18-9-8-17(13-18)22(23)24/h5-7,10-11,16-18,26H,8-9,12-13H2,1-4H3. The molecule has 30 heavy (non-hydrogen) atoms. The van der Waals surface area contributed by atoms with E-state index in [9.17, 15) is 8.42 Å². The number of ether oxygens (including phenoxy) is 1. The maximum absolute atomic E-state index is 13.4. The molecule has 0 aliphatic heterocycles. The second-order valence-corrected chi connectivity index (χ2v) is 10.8. The Labute approximate surface area is 179 Å². The van der Waals surface area contributed by atoms with E-state index in [1.165, 1.54) is 23.1 Å². The van der Waals surface area contributed by atoms with Gasteiger partial charge in [-0.15, -0.1) is 0 Å². The monoisotopic (exact) mass is 423 g/mol. The fourth-order valence-corrected chi connectivity index (χ4v) is 6.88. The number of nitrogens with one attached hydrogen (secondary N) is 1. The topological polar surface area (TPSA) is 55.4 Å². The minimum atomic E-state index is -3.67. The van der Waals surface area contributed by atoms with E-state index >= 15 is 0 Å². The average molecular weight is 424 g/mol. The summed E-state index contributed by atoms with van der Waals surface area (Å²) in [5.41, 5.74) is 7.87. The molecule has 0 amide bonds. The number of allylic oxidation sites excluding steroid dienone is 2. The SMILES string of the molecule is COc1c2c(c(NS(=O)(=O)c3ccc(C)cc3)c3c1C1CCC3C1)C(C)C(C)=CC2. The molecule has 1 N–H and O–H groups in total. The number of aryl methyl sites for hydroxylation is 1. The van der Waals surface area contributed by atoms with Crippen LogP contribution in [-0.2, 0) is 16.4 Å². The van der Waals surface area contributed by atoms with Crippen LogP contribution in [0.15, 0.2) is 40.8 Å². The van der Waals surface area contributed by atoms with Gasteiger partial charge >= 0.3 is 0 Å². The highest BCUT2D eigenvalue weighted by Gasteiger charge is 2.44. The van der Waals surface area contributed by atoms with E-state index in [4.69, 9.17) is 4.74 Å². The highest BCUT2D eigenvalue weighted by Crippen LogP contribution is 2.61. The van der Waals surface area contributed by atoms with Crippen molar-refractivity contribution >= 4 is 15.7 Å². The number of rotatable bonds is 4. The second kappa shape index (κ2) is 6.88. The van der Waals surface area contributed by atoms with E-state index in [0.29, 0.717) is 16.7 Å². The van der Waals surface area contributed by atoms with Gasteiger partial charge in [0.05, 0.1) is 17.7 Å². The van der Waals surface area contributed by atoms with Crippen LogP contribution in [0.4, 0.5) is 5.69 Å². The molecule has 158 valence electrons. The first-order chi connectivity index (χ1) is 14.3. The van der Waals surface area contributed by atoms with Gasteiger partial charge in [-0.05, 0) is 74.6 Å². The minimum Gasteiger partial charge on any atom is -0.496 e. The molecule has 3 unspecified atom stereocenters. The predicted molar refractivity (Wildman–Crippen MR) is 120 cm³/mol. The lowest BCUT2D eigenvalue weighted by Gasteiger charge is -2.32. The molecule has 3 aliphatic carbocycles. The normalized spacial score (nSPS) is 24.3. The van der Waals surface area contributed by atoms with Crippen molar-refractivity contribution in [3.63, 3.8) is 0 Å². The van der Waals surface area contributed by atoms with Crippen molar-refractivity contribution in [1.82, 2.24) is 0 Å². The van der Waals surface area contributed by atoms with Crippen LogP contribution >= 0.6 is 0 Å². The average Bonchev–Trinajstić information content (AvgIpc) is 3.33. The van der Waals surface area contributed by atoms with Crippen LogP contribution < -0.4 is 9.46 Å². The van der Waals surface area contributed by atoms with Gasteiger partial charge in [0.2, 0.25) is 0 Å². The molecular weight excluding hydrogens is 394 g/mol. The predicted octanol–water partition coefficient (Wildman–Crippen LogP) is 5.78. The third-order valence-corrected chi connectivity index (χ3v) is 8.80. The van der Waals surface area contributed by atoms with Gasteiger partial charge in [0, 0.05) is 17.0 Å². The molecule has 0 radical (unpaired) electrons. The van der Waals surface area contributed by atoms with Gasteiger partial charge in [-0.1, -0.05) is 36.3 Å². The molecule has 0 aromatic heterocycles. The fraction of sp³-hybridized carbons (Fsp3) is 0.440. The summed E-state index contributed by atoms with van der Waals surface area (Å²) in [5, 5.41) is 0. The Morgan fingerprint density at radius 1 is 1.00 bits per heavy atom. The Balaban J connectivity index is 1.73. The lowest BCUT2D eigenvalue weighted by molar-refractivity contribution is 0.400. The molecule has 2 bridgehead atoms.